The Morgan fingerprint density at radius 3 is 1.83 bits per heavy atom. The van der Waals surface area contributed by atoms with Gasteiger partial charge in [-0.25, -0.2) is 0 Å². The highest BCUT2D eigenvalue weighted by molar-refractivity contribution is 5.14. The van der Waals surface area contributed by atoms with Gasteiger partial charge in [0.1, 0.15) is 0 Å². The van der Waals surface area contributed by atoms with E-state index in [1.807, 2.05) is 6.08 Å². The molecule has 0 heterocycles. The van der Waals surface area contributed by atoms with Gasteiger partial charge in [0.25, 0.3) is 0 Å². The summed E-state index contributed by atoms with van der Waals surface area (Å²) < 4.78 is 0. The fraction of sp³-hybridized carbons (Fsp3) is 0.500. The van der Waals surface area contributed by atoms with Gasteiger partial charge in [0, 0.05) is 6.42 Å². The van der Waals surface area contributed by atoms with E-state index in [-0.39, 0.29) is 0 Å². The zero-order valence-electron chi connectivity index (χ0n) is 3.52. The first-order valence-corrected chi connectivity index (χ1v) is 1.96. The van der Waals surface area contributed by atoms with Gasteiger partial charge in [-0.15, -0.1) is 0 Å². The van der Waals surface area contributed by atoms with E-state index < -0.39 is 5.66 Å². The predicted octanol–water partition coefficient (Wildman–Crippen LogP) is -0.440. The molecule has 0 aliphatic heterocycles. The summed E-state index contributed by atoms with van der Waals surface area (Å²) >= 11 is 0. The lowest BCUT2D eigenvalue weighted by molar-refractivity contribution is 0.517. The lowest BCUT2D eigenvalue weighted by Gasteiger charge is -2.24. The van der Waals surface area contributed by atoms with Gasteiger partial charge >= 0.3 is 0 Å². The van der Waals surface area contributed by atoms with Crippen LogP contribution in [0, 0.1) is 0 Å². The first kappa shape index (κ1) is 3.84. The molecule has 0 radical (unpaired) electrons. The van der Waals surface area contributed by atoms with Crippen molar-refractivity contribution in [1.29, 1.82) is 0 Å². The average molecular weight is 84.1 g/mol. The van der Waals surface area contributed by atoms with E-state index in [0.29, 0.717) is 0 Å². The average Bonchev–Trinajstić information content (AvgIpc) is 1.32. The molecule has 0 bridgehead atoms. The second-order valence-corrected chi connectivity index (χ2v) is 1.72. The van der Waals surface area contributed by atoms with E-state index in [4.69, 9.17) is 11.5 Å². The van der Waals surface area contributed by atoms with Crippen molar-refractivity contribution in [3.8, 4) is 0 Å². The molecule has 1 aliphatic carbocycles. The van der Waals surface area contributed by atoms with Crippen LogP contribution in [0.25, 0.3) is 0 Å². The van der Waals surface area contributed by atoms with Crippen LogP contribution in [0.15, 0.2) is 12.2 Å². The Bertz CT molecular complexity index is 83.5. The molecule has 0 unspecified atom stereocenters. The molecule has 34 valence electrons. The quantitative estimate of drug-likeness (QED) is 0.309. The monoisotopic (exact) mass is 84.1 g/mol. The third-order valence-corrected chi connectivity index (χ3v) is 0.900. The summed E-state index contributed by atoms with van der Waals surface area (Å²) in [6, 6.07) is 0. The molecule has 4 N–H and O–H groups in total. The van der Waals surface area contributed by atoms with Crippen LogP contribution in [0.3, 0.4) is 0 Å². The third kappa shape index (κ3) is 0.441. The first-order chi connectivity index (χ1) is 2.71. The van der Waals surface area contributed by atoms with Crippen LogP contribution in [0.2, 0.25) is 0 Å². The van der Waals surface area contributed by atoms with Crippen molar-refractivity contribution in [2.75, 3.05) is 0 Å². The highest BCUT2D eigenvalue weighted by Gasteiger charge is 2.18. The van der Waals surface area contributed by atoms with Crippen LogP contribution in [0.1, 0.15) is 6.42 Å². The Morgan fingerprint density at radius 1 is 1.50 bits per heavy atom. The van der Waals surface area contributed by atoms with Gasteiger partial charge in [0.05, 0.1) is 5.66 Å². The van der Waals surface area contributed by atoms with Crippen molar-refractivity contribution in [3.63, 3.8) is 0 Å². The molecule has 0 aromatic heterocycles. The molecule has 0 aromatic rings. The van der Waals surface area contributed by atoms with E-state index in [0.717, 1.165) is 6.42 Å². The molecular weight excluding hydrogens is 76.1 g/mol. The minimum atomic E-state index is -0.458. The van der Waals surface area contributed by atoms with Crippen LogP contribution in [0.4, 0.5) is 0 Å². The molecule has 1 rings (SSSR count). The van der Waals surface area contributed by atoms with Crippen molar-refractivity contribution in [2.45, 2.75) is 12.1 Å². The number of hydrogen-bond donors (Lipinski definition) is 2. The molecule has 0 aromatic carbocycles. The largest absolute Gasteiger partial charge is 0.310 e. The number of rotatable bonds is 0. The van der Waals surface area contributed by atoms with Gasteiger partial charge in [-0.05, 0) is 0 Å². The lowest BCUT2D eigenvalue weighted by Crippen LogP contribution is -2.50. The second kappa shape index (κ2) is 0.832. The summed E-state index contributed by atoms with van der Waals surface area (Å²) in [5.41, 5.74) is 10.2. The lowest BCUT2D eigenvalue weighted by atomic mass is 9.98. The van der Waals surface area contributed by atoms with E-state index in [1.165, 1.54) is 0 Å². The van der Waals surface area contributed by atoms with E-state index in [1.54, 1.807) is 6.08 Å². The van der Waals surface area contributed by atoms with Crippen molar-refractivity contribution in [2.24, 2.45) is 11.5 Å². The minimum absolute atomic E-state index is 0.458. The maximum Gasteiger partial charge on any atom is 0.0863 e. The van der Waals surface area contributed by atoms with Gasteiger partial charge < -0.3 is 11.5 Å². The topological polar surface area (TPSA) is 52.0 Å². The molecule has 1 aliphatic rings. The first-order valence-electron chi connectivity index (χ1n) is 1.96. The van der Waals surface area contributed by atoms with Crippen molar-refractivity contribution >= 4 is 0 Å². The van der Waals surface area contributed by atoms with E-state index >= 15 is 0 Å². The molecule has 2 heteroatoms. The number of hydrogen-bond acceptors (Lipinski definition) is 2. The highest BCUT2D eigenvalue weighted by atomic mass is 15.0. The Hall–Kier alpha value is -0.340. The maximum atomic E-state index is 5.31. The van der Waals surface area contributed by atoms with Gasteiger partial charge in [0.15, 0.2) is 0 Å². The van der Waals surface area contributed by atoms with Crippen LogP contribution >= 0.6 is 0 Å². The van der Waals surface area contributed by atoms with E-state index in [2.05, 4.69) is 0 Å². The maximum absolute atomic E-state index is 5.31. The van der Waals surface area contributed by atoms with Gasteiger partial charge in [-0.1, -0.05) is 12.2 Å². The van der Waals surface area contributed by atoms with Crippen molar-refractivity contribution in [1.82, 2.24) is 0 Å². The summed E-state index contributed by atoms with van der Waals surface area (Å²) in [6.07, 6.45) is 4.58. The van der Waals surface area contributed by atoms with Crippen LogP contribution in [-0.2, 0) is 0 Å². The molecule has 0 amide bonds. The van der Waals surface area contributed by atoms with Gasteiger partial charge in [-0.2, -0.15) is 0 Å². The SMILES string of the molecule is NC1(N)C=CC1. The van der Waals surface area contributed by atoms with Gasteiger partial charge in [0.2, 0.25) is 0 Å². The Morgan fingerprint density at radius 2 is 1.83 bits per heavy atom. The molecule has 0 saturated heterocycles. The molecule has 0 saturated carbocycles. The summed E-state index contributed by atoms with van der Waals surface area (Å²) in [5.74, 6) is 0. The zero-order chi connectivity index (χ0) is 4.62. The van der Waals surface area contributed by atoms with Crippen LogP contribution in [0.5, 0.6) is 0 Å². The molecule has 6 heavy (non-hydrogen) atoms. The zero-order valence-corrected chi connectivity index (χ0v) is 3.52. The normalized spacial score (nSPS) is 26.3. The minimum Gasteiger partial charge on any atom is -0.310 e. The molecule has 2 nitrogen and oxygen atoms in total. The summed E-state index contributed by atoms with van der Waals surface area (Å²) in [6.45, 7) is 0. The van der Waals surface area contributed by atoms with Crippen LogP contribution < -0.4 is 11.5 Å². The highest BCUT2D eigenvalue weighted by Crippen LogP contribution is 2.11. The third-order valence-electron chi connectivity index (χ3n) is 0.900. The molecular formula is C4H8N2. The fourth-order valence-corrected chi connectivity index (χ4v) is 0.390. The predicted molar refractivity (Wildman–Crippen MR) is 24.9 cm³/mol. The van der Waals surface area contributed by atoms with Crippen molar-refractivity contribution < 1.29 is 0 Å². The second-order valence-electron chi connectivity index (χ2n) is 1.72. The van der Waals surface area contributed by atoms with E-state index in [9.17, 15) is 0 Å². The standard InChI is InChI=1S/C4H8N2/c5-4(6)2-1-3-4/h1-2H,3,5-6H2. The van der Waals surface area contributed by atoms with Crippen molar-refractivity contribution in [3.05, 3.63) is 12.2 Å². The van der Waals surface area contributed by atoms with Gasteiger partial charge in [-0.3, -0.25) is 0 Å². The summed E-state index contributed by atoms with van der Waals surface area (Å²) in [4.78, 5) is 0. The fourth-order valence-electron chi connectivity index (χ4n) is 0.390. The molecule has 0 atom stereocenters. The number of nitrogens with two attached hydrogens (primary N) is 2. The molecule has 0 fully saturated rings. The Kier molecular flexibility index (Phi) is 0.532. The molecule has 0 spiro atoms. The Labute approximate surface area is 36.8 Å². The van der Waals surface area contributed by atoms with Crippen LogP contribution in [-0.4, -0.2) is 5.66 Å². The Balaban J connectivity index is 2.57. The summed E-state index contributed by atoms with van der Waals surface area (Å²) in [7, 11) is 0. The smallest absolute Gasteiger partial charge is 0.0863 e. The summed E-state index contributed by atoms with van der Waals surface area (Å²) in [5, 5.41) is 0.